The van der Waals surface area contributed by atoms with Crippen LogP contribution in [0.15, 0.2) is 54.6 Å². The molecule has 5 heteroatoms. The molecule has 27 heavy (non-hydrogen) atoms. The van der Waals surface area contributed by atoms with Gasteiger partial charge in [0.2, 0.25) is 5.82 Å². The van der Waals surface area contributed by atoms with Gasteiger partial charge in [-0.1, -0.05) is 42.5 Å². The summed E-state index contributed by atoms with van der Waals surface area (Å²) in [4.78, 5) is 0. The zero-order valence-corrected chi connectivity index (χ0v) is 14.7. The van der Waals surface area contributed by atoms with Crippen LogP contribution in [-0.2, 0) is 12.8 Å². The van der Waals surface area contributed by atoms with Gasteiger partial charge in [-0.05, 0) is 48.6 Å². The Morgan fingerprint density at radius 2 is 1.48 bits per heavy atom. The van der Waals surface area contributed by atoms with Gasteiger partial charge in [-0.15, -0.1) is 0 Å². The van der Waals surface area contributed by atoms with Gasteiger partial charge in [-0.25, -0.2) is 13.2 Å². The molecule has 0 aliphatic heterocycles. The Bertz CT molecular complexity index is 936. The van der Waals surface area contributed by atoms with Crippen molar-refractivity contribution in [2.75, 3.05) is 6.61 Å². The zero-order valence-electron chi connectivity index (χ0n) is 14.7. The lowest BCUT2D eigenvalue weighted by Gasteiger charge is -2.09. The summed E-state index contributed by atoms with van der Waals surface area (Å²) in [5.41, 5.74) is 1.87. The van der Waals surface area contributed by atoms with E-state index in [1.54, 1.807) is 31.2 Å². The van der Waals surface area contributed by atoms with Gasteiger partial charge in [-0.3, -0.25) is 0 Å². The summed E-state index contributed by atoms with van der Waals surface area (Å²) in [6, 6.07) is 13.9. The Kier molecular flexibility index (Phi) is 5.79. The molecule has 0 heterocycles. The molecule has 0 saturated heterocycles. The van der Waals surface area contributed by atoms with E-state index in [4.69, 9.17) is 4.74 Å². The van der Waals surface area contributed by atoms with Crippen molar-refractivity contribution in [1.82, 2.24) is 0 Å². The largest absolute Gasteiger partial charge is 0.491 e. The molecule has 0 aromatic heterocycles. The van der Waals surface area contributed by atoms with Crippen molar-refractivity contribution in [2.45, 2.75) is 19.8 Å². The molecule has 0 aliphatic rings. The molecule has 0 saturated carbocycles. The average Bonchev–Trinajstić information content (AvgIpc) is 2.68. The molecule has 0 aliphatic carbocycles. The molecule has 0 bridgehead atoms. The van der Waals surface area contributed by atoms with Crippen LogP contribution in [0.5, 0.6) is 5.75 Å². The lowest BCUT2D eigenvalue weighted by atomic mass is 9.99. The number of ether oxygens (including phenoxy) is 1. The molecular formula is C22H18F4O. The first-order chi connectivity index (χ1) is 13.0. The number of halogens is 4. The molecule has 3 rings (SSSR count). The highest BCUT2D eigenvalue weighted by atomic mass is 19.2. The zero-order chi connectivity index (χ0) is 19.4. The van der Waals surface area contributed by atoms with Gasteiger partial charge in [0, 0.05) is 5.56 Å². The predicted molar refractivity (Wildman–Crippen MR) is 96.7 cm³/mol. The smallest absolute Gasteiger partial charge is 0.200 e. The molecule has 0 fully saturated rings. The van der Waals surface area contributed by atoms with Crippen LogP contribution in [-0.4, -0.2) is 6.61 Å². The molecule has 0 unspecified atom stereocenters. The summed E-state index contributed by atoms with van der Waals surface area (Å²) in [5, 5.41) is 0. The van der Waals surface area contributed by atoms with E-state index in [0.717, 1.165) is 11.6 Å². The summed E-state index contributed by atoms with van der Waals surface area (Å²) in [5.74, 6) is -3.77. The molecule has 0 radical (unpaired) electrons. The predicted octanol–water partition coefficient (Wildman–Crippen LogP) is 6.09. The van der Waals surface area contributed by atoms with E-state index in [1.807, 2.05) is 0 Å². The van der Waals surface area contributed by atoms with Crippen LogP contribution in [0.25, 0.3) is 11.1 Å². The minimum atomic E-state index is -0.980. The van der Waals surface area contributed by atoms with Crippen molar-refractivity contribution < 1.29 is 22.3 Å². The molecule has 140 valence electrons. The molecule has 0 amide bonds. The molecule has 0 atom stereocenters. The SMILES string of the molecule is CCOc1ccc(CCc2ccc(-c3cccc(F)c3F)cc2)c(F)c1F. The van der Waals surface area contributed by atoms with Crippen molar-refractivity contribution in [3.63, 3.8) is 0 Å². The van der Waals surface area contributed by atoms with Gasteiger partial charge in [0.15, 0.2) is 23.2 Å². The van der Waals surface area contributed by atoms with Gasteiger partial charge in [0.1, 0.15) is 0 Å². The fourth-order valence-corrected chi connectivity index (χ4v) is 2.89. The Balaban J connectivity index is 1.73. The second kappa shape index (κ2) is 8.25. The number of benzene rings is 3. The van der Waals surface area contributed by atoms with Crippen molar-refractivity contribution in [3.05, 3.63) is 89.0 Å². The Morgan fingerprint density at radius 1 is 0.741 bits per heavy atom. The van der Waals surface area contributed by atoms with E-state index >= 15 is 0 Å². The second-order valence-corrected chi connectivity index (χ2v) is 6.08. The lowest BCUT2D eigenvalue weighted by Crippen LogP contribution is -2.02. The van der Waals surface area contributed by atoms with E-state index in [9.17, 15) is 17.6 Å². The van der Waals surface area contributed by atoms with Crippen molar-refractivity contribution in [1.29, 1.82) is 0 Å². The fourth-order valence-electron chi connectivity index (χ4n) is 2.89. The topological polar surface area (TPSA) is 9.23 Å². The molecule has 3 aromatic carbocycles. The van der Waals surface area contributed by atoms with E-state index in [0.29, 0.717) is 18.4 Å². The Morgan fingerprint density at radius 3 is 2.19 bits per heavy atom. The van der Waals surface area contributed by atoms with Crippen molar-refractivity contribution in [2.24, 2.45) is 0 Å². The third-order valence-corrected chi connectivity index (χ3v) is 4.33. The first-order valence-electron chi connectivity index (χ1n) is 8.64. The highest BCUT2D eigenvalue weighted by molar-refractivity contribution is 5.64. The van der Waals surface area contributed by atoms with E-state index in [2.05, 4.69) is 0 Å². The molecular weight excluding hydrogens is 356 g/mol. The van der Waals surface area contributed by atoms with Gasteiger partial charge in [-0.2, -0.15) is 4.39 Å². The Labute approximate surface area is 155 Å². The maximum absolute atomic E-state index is 14.1. The third-order valence-electron chi connectivity index (χ3n) is 4.33. The normalized spacial score (nSPS) is 10.9. The van der Waals surface area contributed by atoms with E-state index in [1.165, 1.54) is 24.3 Å². The summed E-state index contributed by atoms with van der Waals surface area (Å²) in [6.07, 6.45) is 0.791. The van der Waals surface area contributed by atoms with Crippen LogP contribution in [0.4, 0.5) is 17.6 Å². The standard InChI is InChI=1S/C22H18F4O/c1-2-27-19-13-12-16(20(24)22(19)26)11-8-14-6-9-15(10-7-14)17-4-3-5-18(23)21(17)25/h3-7,9-10,12-13H,2,8,11H2,1H3. The summed E-state index contributed by atoms with van der Waals surface area (Å²) in [7, 11) is 0. The maximum atomic E-state index is 14.1. The second-order valence-electron chi connectivity index (χ2n) is 6.08. The summed E-state index contributed by atoms with van der Waals surface area (Å²) in [6.45, 7) is 1.96. The minimum absolute atomic E-state index is 0.0970. The van der Waals surface area contributed by atoms with Gasteiger partial charge in [0.05, 0.1) is 6.61 Å². The third kappa shape index (κ3) is 4.13. The fraction of sp³-hybridized carbons (Fsp3) is 0.182. The highest BCUT2D eigenvalue weighted by Gasteiger charge is 2.14. The molecule has 3 aromatic rings. The van der Waals surface area contributed by atoms with E-state index < -0.39 is 23.3 Å². The van der Waals surface area contributed by atoms with Crippen LogP contribution in [0, 0.1) is 23.3 Å². The highest BCUT2D eigenvalue weighted by Crippen LogP contribution is 2.26. The molecule has 0 spiro atoms. The van der Waals surface area contributed by atoms with Crippen LogP contribution < -0.4 is 4.74 Å². The molecule has 0 N–H and O–H groups in total. The first kappa shape index (κ1) is 19.0. The summed E-state index contributed by atoms with van der Waals surface area (Å²) >= 11 is 0. The van der Waals surface area contributed by atoms with Crippen molar-refractivity contribution >= 4 is 0 Å². The average molecular weight is 374 g/mol. The summed E-state index contributed by atoms with van der Waals surface area (Å²) < 4.78 is 60.3. The minimum Gasteiger partial charge on any atom is -0.491 e. The number of aryl methyl sites for hydroxylation is 2. The number of hydrogen-bond acceptors (Lipinski definition) is 1. The lowest BCUT2D eigenvalue weighted by molar-refractivity contribution is 0.313. The van der Waals surface area contributed by atoms with Crippen LogP contribution in [0.3, 0.4) is 0 Å². The van der Waals surface area contributed by atoms with Crippen LogP contribution in [0.2, 0.25) is 0 Å². The van der Waals surface area contributed by atoms with Crippen molar-refractivity contribution in [3.8, 4) is 16.9 Å². The first-order valence-corrected chi connectivity index (χ1v) is 8.64. The maximum Gasteiger partial charge on any atom is 0.200 e. The van der Waals surface area contributed by atoms with Gasteiger partial charge >= 0.3 is 0 Å². The van der Waals surface area contributed by atoms with Gasteiger partial charge < -0.3 is 4.74 Å². The number of rotatable bonds is 6. The van der Waals surface area contributed by atoms with Crippen LogP contribution in [0.1, 0.15) is 18.1 Å². The van der Waals surface area contributed by atoms with Crippen LogP contribution >= 0.6 is 0 Å². The Hall–Kier alpha value is -2.82. The van der Waals surface area contributed by atoms with E-state index in [-0.39, 0.29) is 23.5 Å². The van der Waals surface area contributed by atoms with Gasteiger partial charge in [0.25, 0.3) is 0 Å². The quantitative estimate of drug-likeness (QED) is 0.474. The molecule has 1 nitrogen and oxygen atoms in total. The number of hydrogen-bond donors (Lipinski definition) is 0. The monoisotopic (exact) mass is 374 g/mol.